The van der Waals surface area contributed by atoms with Crippen molar-refractivity contribution in [2.75, 3.05) is 45.8 Å². The number of halogens is 1. The third-order valence-corrected chi connectivity index (χ3v) is 11.1. The number of nitrogens with zero attached hydrogens (tertiary/aromatic N) is 3. The van der Waals surface area contributed by atoms with Crippen molar-refractivity contribution in [2.45, 2.75) is 69.2 Å². The molecule has 0 aromatic heterocycles. The van der Waals surface area contributed by atoms with Crippen molar-refractivity contribution in [3.8, 4) is 5.75 Å². The van der Waals surface area contributed by atoms with Crippen molar-refractivity contribution in [1.82, 2.24) is 9.62 Å². The minimum absolute atomic E-state index is 0.0935. The predicted octanol–water partition coefficient (Wildman–Crippen LogP) is 6.01. The molecule has 2 aromatic carbocycles. The van der Waals surface area contributed by atoms with Gasteiger partial charge in [0.2, 0.25) is 0 Å². The number of ether oxygens (including phenoxy) is 3. The third-order valence-electron chi connectivity index (χ3n) is 9.12. The summed E-state index contributed by atoms with van der Waals surface area (Å²) in [6.07, 6.45) is 8.59. The molecule has 0 unspecified atom stereocenters. The number of carbonyl (C=O) groups excluding carboxylic acids is 2. The fraction of sp³-hybridized carbons (Fsp3) is 0.529. The number of benzene rings is 2. The van der Waals surface area contributed by atoms with Crippen LogP contribution in [0.1, 0.15) is 50.7 Å². The topological polar surface area (TPSA) is 110 Å². The summed E-state index contributed by atoms with van der Waals surface area (Å²) in [7, 11) is 1.01. The Balaban J connectivity index is 1.66. The number of urea groups is 1. The molecular formula is C34H45ClN4O6S. The molecule has 2 heterocycles. The zero-order chi connectivity index (χ0) is 33.1. The summed E-state index contributed by atoms with van der Waals surface area (Å²) in [6, 6.07) is 10.4. The van der Waals surface area contributed by atoms with E-state index < -0.39 is 27.5 Å². The number of nitrogens with one attached hydrogen (secondary N) is 1. The number of aryl methyl sites for hydroxylation is 1. The maximum absolute atomic E-state index is 14.7. The van der Waals surface area contributed by atoms with Gasteiger partial charge in [0, 0.05) is 39.3 Å². The largest absolute Gasteiger partial charge is 0.487 e. The third kappa shape index (κ3) is 7.70. The van der Waals surface area contributed by atoms with Crippen molar-refractivity contribution in [1.29, 1.82) is 0 Å². The van der Waals surface area contributed by atoms with Crippen molar-refractivity contribution >= 4 is 39.1 Å². The first-order chi connectivity index (χ1) is 21.9. The second-order valence-electron chi connectivity index (χ2n) is 12.9. The van der Waals surface area contributed by atoms with Crippen LogP contribution < -0.4 is 14.4 Å². The van der Waals surface area contributed by atoms with Crippen LogP contribution in [0.25, 0.3) is 0 Å². The lowest BCUT2D eigenvalue weighted by molar-refractivity contribution is -0.137. The molecule has 4 atom stereocenters. The molecule has 2 aliphatic heterocycles. The Morgan fingerprint density at radius 3 is 2.67 bits per heavy atom. The van der Waals surface area contributed by atoms with Gasteiger partial charge in [-0.15, -0.1) is 4.36 Å². The number of fused-ring (bicyclic) bond motifs is 3. The van der Waals surface area contributed by atoms with Crippen LogP contribution in [0.2, 0.25) is 5.02 Å². The number of anilines is 1. The Labute approximate surface area is 277 Å². The highest BCUT2D eigenvalue weighted by atomic mass is 35.5. The van der Waals surface area contributed by atoms with E-state index >= 15 is 0 Å². The zero-order valence-electron chi connectivity index (χ0n) is 27.3. The van der Waals surface area contributed by atoms with Crippen LogP contribution in [0, 0.1) is 11.8 Å². The van der Waals surface area contributed by atoms with Crippen LogP contribution >= 0.6 is 11.6 Å². The normalized spacial score (nSPS) is 27.3. The van der Waals surface area contributed by atoms with Crippen molar-refractivity contribution in [3.05, 3.63) is 64.7 Å². The molecular weight excluding hydrogens is 628 g/mol. The van der Waals surface area contributed by atoms with E-state index in [4.69, 9.17) is 25.8 Å². The smallest absolute Gasteiger partial charge is 0.329 e. The van der Waals surface area contributed by atoms with Gasteiger partial charge in [-0.25, -0.2) is 13.7 Å². The quantitative estimate of drug-likeness (QED) is 0.390. The van der Waals surface area contributed by atoms with Gasteiger partial charge in [-0.3, -0.25) is 4.79 Å². The summed E-state index contributed by atoms with van der Waals surface area (Å²) in [5.74, 6) is 0.516. The molecule has 3 aliphatic rings. The van der Waals surface area contributed by atoms with Crippen LogP contribution in [0.5, 0.6) is 5.75 Å². The number of hydrogen-bond acceptors (Lipinski definition) is 7. The van der Waals surface area contributed by atoms with Gasteiger partial charge in [-0.1, -0.05) is 29.8 Å². The Morgan fingerprint density at radius 2 is 1.96 bits per heavy atom. The Kier molecular flexibility index (Phi) is 10.7. The summed E-state index contributed by atoms with van der Waals surface area (Å²) in [5.41, 5.74) is 1.55. The number of amides is 3. The average Bonchev–Trinajstić information content (AvgIpc) is 3.03. The summed E-state index contributed by atoms with van der Waals surface area (Å²) >= 11 is 6.35. The molecule has 0 saturated heterocycles. The zero-order valence-corrected chi connectivity index (χ0v) is 28.9. The number of hydrogen-bond donors (Lipinski definition) is 1. The van der Waals surface area contributed by atoms with E-state index in [1.807, 2.05) is 30.4 Å². The highest BCUT2D eigenvalue weighted by Gasteiger charge is 2.38. The summed E-state index contributed by atoms with van der Waals surface area (Å²) in [5, 5.41) is 0.698. The minimum Gasteiger partial charge on any atom is -0.487 e. The van der Waals surface area contributed by atoms with Crippen LogP contribution in [0.4, 0.5) is 10.5 Å². The van der Waals surface area contributed by atoms with E-state index in [2.05, 4.69) is 14.0 Å². The Morgan fingerprint density at radius 1 is 1.15 bits per heavy atom. The van der Waals surface area contributed by atoms with Gasteiger partial charge in [-0.2, -0.15) is 0 Å². The van der Waals surface area contributed by atoms with Crippen molar-refractivity contribution in [2.24, 2.45) is 16.2 Å². The highest BCUT2D eigenvalue weighted by molar-refractivity contribution is 7.92. The number of rotatable bonds is 2. The molecule has 10 nitrogen and oxygen atoms in total. The molecule has 46 heavy (non-hydrogen) atoms. The number of methoxy groups -OCH3 is 1. The maximum Gasteiger partial charge on any atom is 0.329 e. The van der Waals surface area contributed by atoms with Crippen LogP contribution in [0.3, 0.4) is 0 Å². The first kappa shape index (κ1) is 34.2. The van der Waals surface area contributed by atoms with E-state index in [-0.39, 0.29) is 17.6 Å². The SMILES string of the molecule is CO[C@H]1/C=C/COC(C)(C)C(=O)N=[S@@](=O)(NC(=O)N(C)C)c2ccc3c(c2)N(CCCCc2cc(Cl)ccc2CO3)C[C@@H]2CC[C@H]21. The molecule has 0 radical (unpaired) electrons. The van der Waals surface area contributed by atoms with Gasteiger partial charge in [0.25, 0.3) is 5.91 Å². The second-order valence-corrected chi connectivity index (χ2v) is 15.3. The minimum atomic E-state index is -3.78. The molecule has 2 aromatic rings. The lowest BCUT2D eigenvalue weighted by Gasteiger charge is -2.43. The second kappa shape index (κ2) is 14.3. The molecule has 1 aliphatic carbocycles. The van der Waals surface area contributed by atoms with Gasteiger partial charge in [0.15, 0.2) is 9.92 Å². The fourth-order valence-electron chi connectivity index (χ4n) is 6.10. The standard InChI is InChI=1S/C34H45ClN4O6S/c1-34(2)32(40)36-46(42,37-33(41)38(3)4)27-14-16-31-29(20-27)39(21-24-12-15-28(24)30(43-5)10-8-18-45-34)17-7-6-9-23-19-26(35)13-11-25(23)22-44-31/h8,10-11,13-14,16,19-20,24,28,30H,6-7,9,12,15,17-18,21-22H2,1-5H3,(H,36,37,40,41,42)/b10-8+/t24-,28+,30-,46+/m0/s1. The van der Waals surface area contributed by atoms with E-state index in [0.717, 1.165) is 62.0 Å². The summed E-state index contributed by atoms with van der Waals surface area (Å²) < 4.78 is 39.7. The van der Waals surface area contributed by atoms with E-state index in [9.17, 15) is 13.8 Å². The van der Waals surface area contributed by atoms with Gasteiger partial charge < -0.3 is 24.0 Å². The van der Waals surface area contributed by atoms with Crippen LogP contribution in [0.15, 0.2) is 57.8 Å². The number of carbonyl (C=O) groups is 2. The monoisotopic (exact) mass is 672 g/mol. The van der Waals surface area contributed by atoms with Crippen molar-refractivity contribution < 1.29 is 28.0 Å². The maximum atomic E-state index is 14.7. The van der Waals surface area contributed by atoms with E-state index in [0.29, 0.717) is 29.2 Å². The fourth-order valence-corrected chi connectivity index (χ4v) is 7.96. The lowest BCUT2D eigenvalue weighted by Crippen LogP contribution is -2.44. The van der Waals surface area contributed by atoms with Gasteiger partial charge in [-0.05, 0) is 99.2 Å². The lowest BCUT2D eigenvalue weighted by atomic mass is 9.70. The molecule has 3 amide bonds. The molecule has 250 valence electrons. The predicted molar refractivity (Wildman–Crippen MR) is 180 cm³/mol. The molecule has 0 spiro atoms. The van der Waals surface area contributed by atoms with Gasteiger partial charge in [0.05, 0.1) is 23.3 Å². The Bertz CT molecular complexity index is 1600. The molecule has 1 saturated carbocycles. The molecule has 1 fully saturated rings. The van der Waals surface area contributed by atoms with E-state index in [1.165, 1.54) is 19.0 Å². The van der Waals surface area contributed by atoms with Crippen LogP contribution in [-0.2, 0) is 37.2 Å². The first-order valence-electron chi connectivity index (χ1n) is 15.8. The van der Waals surface area contributed by atoms with Crippen LogP contribution in [-0.4, -0.2) is 73.7 Å². The molecule has 2 bridgehead atoms. The average molecular weight is 673 g/mol. The highest BCUT2D eigenvalue weighted by Crippen LogP contribution is 2.42. The van der Waals surface area contributed by atoms with E-state index in [1.54, 1.807) is 39.2 Å². The molecule has 5 rings (SSSR count). The van der Waals surface area contributed by atoms with Gasteiger partial charge in [0.1, 0.15) is 18.0 Å². The summed E-state index contributed by atoms with van der Waals surface area (Å²) in [4.78, 5) is 30.2. The molecule has 12 heteroatoms. The first-order valence-corrected chi connectivity index (χ1v) is 17.7. The van der Waals surface area contributed by atoms with Crippen molar-refractivity contribution in [3.63, 3.8) is 0 Å². The Hall–Kier alpha value is -3.12. The van der Waals surface area contributed by atoms with Gasteiger partial charge >= 0.3 is 6.03 Å². The molecule has 1 N–H and O–H groups in total. The summed E-state index contributed by atoms with van der Waals surface area (Å²) in [6.45, 7) is 5.10.